The van der Waals surface area contributed by atoms with Crippen LogP contribution < -0.4 is 0 Å². The van der Waals surface area contributed by atoms with Gasteiger partial charge in [-0.2, -0.15) is 0 Å². The molecule has 2 aliphatic heterocycles. The van der Waals surface area contributed by atoms with Gasteiger partial charge in [-0.05, 0) is 25.7 Å². The molecule has 3 rings (SSSR count). The molecule has 0 unspecified atom stereocenters. The smallest absolute Gasteiger partial charge is 0.234 e. The molecule has 0 aromatic rings. The van der Waals surface area contributed by atoms with Gasteiger partial charge >= 0.3 is 0 Å². The number of hydrogen-bond acceptors (Lipinski definition) is 4. The Morgan fingerprint density at radius 3 is 2.21 bits per heavy atom. The van der Waals surface area contributed by atoms with Gasteiger partial charge in [0.15, 0.2) is 0 Å². The second-order valence-electron chi connectivity index (χ2n) is 6.12. The van der Waals surface area contributed by atoms with Gasteiger partial charge in [-0.25, -0.2) is 0 Å². The number of piperidine rings is 1. The molecule has 1 N–H and O–H groups in total. The molecule has 3 aliphatic rings. The molecule has 1 aliphatic carbocycles. The van der Waals surface area contributed by atoms with Gasteiger partial charge in [0.2, 0.25) is 11.8 Å². The predicted molar refractivity (Wildman–Crippen MR) is 69.0 cm³/mol. The van der Waals surface area contributed by atoms with Crippen LogP contribution >= 0.6 is 0 Å². The molecule has 0 aromatic carbocycles. The topological polar surface area (TPSA) is 60.9 Å². The molecule has 106 valence electrons. The zero-order chi connectivity index (χ0) is 13.4. The van der Waals surface area contributed by atoms with E-state index >= 15 is 0 Å². The maximum Gasteiger partial charge on any atom is 0.234 e. The Balaban J connectivity index is 1.67. The SMILES string of the molecule is O=C1[C@@H]2CCCC[C@H]2C(=O)N1CN1CCC[C@H](O)C1. The van der Waals surface area contributed by atoms with Crippen LogP contribution in [0.2, 0.25) is 0 Å². The number of nitrogens with zero attached hydrogens (tertiary/aromatic N) is 2. The number of carbonyl (C=O) groups excluding carboxylic acids is 2. The van der Waals surface area contributed by atoms with Gasteiger partial charge in [-0.15, -0.1) is 0 Å². The van der Waals surface area contributed by atoms with Crippen LogP contribution in [-0.4, -0.2) is 52.6 Å². The summed E-state index contributed by atoms with van der Waals surface area (Å²) in [5, 5.41) is 9.66. The van der Waals surface area contributed by atoms with Crippen molar-refractivity contribution in [2.45, 2.75) is 44.6 Å². The summed E-state index contributed by atoms with van der Waals surface area (Å²) in [6.07, 6.45) is 5.31. The average Bonchev–Trinajstić information content (AvgIpc) is 2.65. The lowest BCUT2D eigenvalue weighted by molar-refractivity contribution is -0.143. The molecule has 3 fully saturated rings. The van der Waals surface area contributed by atoms with E-state index in [0.717, 1.165) is 45.1 Å². The summed E-state index contributed by atoms with van der Waals surface area (Å²) in [6.45, 7) is 1.82. The highest BCUT2D eigenvalue weighted by atomic mass is 16.3. The van der Waals surface area contributed by atoms with Gasteiger partial charge in [-0.3, -0.25) is 19.4 Å². The number of fused-ring (bicyclic) bond motifs is 1. The zero-order valence-corrected chi connectivity index (χ0v) is 11.3. The van der Waals surface area contributed by atoms with E-state index in [4.69, 9.17) is 0 Å². The molecule has 5 heteroatoms. The van der Waals surface area contributed by atoms with Crippen molar-refractivity contribution < 1.29 is 14.7 Å². The van der Waals surface area contributed by atoms with E-state index in [2.05, 4.69) is 0 Å². The molecule has 0 spiro atoms. The van der Waals surface area contributed by atoms with Gasteiger partial charge in [0.25, 0.3) is 0 Å². The Morgan fingerprint density at radius 1 is 1.00 bits per heavy atom. The van der Waals surface area contributed by atoms with E-state index in [-0.39, 0.29) is 29.8 Å². The number of hydrogen-bond donors (Lipinski definition) is 1. The Morgan fingerprint density at radius 2 is 1.63 bits per heavy atom. The lowest BCUT2D eigenvalue weighted by atomic mass is 9.81. The molecule has 3 atom stereocenters. The van der Waals surface area contributed by atoms with Crippen molar-refractivity contribution in [1.29, 1.82) is 0 Å². The quantitative estimate of drug-likeness (QED) is 0.743. The van der Waals surface area contributed by atoms with Crippen LogP contribution in [0.15, 0.2) is 0 Å². The maximum atomic E-state index is 12.3. The normalized spacial score (nSPS) is 36.7. The number of β-amino-alcohol motifs (C(OH)–C–C–N with tert-alkyl or cyclic N) is 1. The van der Waals surface area contributed by atoms with Crippen molar-refractivity contribution >= 4 is 11.8 Å². The molecule has 19 heavy (non-hydrogen) atoms. The highest BCUT2D eigenvalue weighted by Gasteiger charge is 2.48. The van der Waals surface area contributed by atoms with Crippen molar-refractivity contribution in [2.75, 3.05) is 19.8 Å². The molecule has 5 nitrogen and oxygen atoms in total. The first-order valence-electron chi connectivity index (χ1n) is 7.42. The number of aliphatic hydroxyl groups is 1. The minimum absolute atomic E-state index is 0.0229. The van der Waals surface area contributed by atoms with E-state index in [0.29, 0.717) is 13.2 Å². The van der Waals surface area contributed by atoms with Gasteiger partial charge < -0.3 is 5.11 Å². The first kappa shape index (κ1) is 13.1. The van der Waals surface area contributed by atoms with Crippen LogP contribution in [0.5, 0.6) is 0 Å². The lowest BCUT2D eigenvalue weighted by Gasteiger charge is -2.32. The second kappa shape index (κ2) is 5.21. The number of imide groups is 1. The first-order valence-corrected chi connectivity index (χ1v) is 7.42. The third kappa shape index (κ3) is 2.41. The number of rotatable bonds is 2. The summed E-state index contributed by atoms with van der Waals surface area (Å²) in [4.78, 5) is 28.1. The summed E-state index contributed by atoms with van der Waals surface area (Å²) < 4.78 is 0. The van der Waals surface area contributed by atoms with Crippen LogP contribution in [0, 0.1) is 11.8 Å². The van der Waals surface area contributed by atoms with E-state index in [1.807, 2.05) is 4.90 Å². The molecular weight excluding hydrogens is 244 g/mol. The fraction of sp³-hybridized carbons (Fsp3) is 0.857. The summed E-state index contributed by atoms with van der Waals surface area (Å²) in [5.74, 6) is -0.0727. The fourth-order valence-electron chi connectivity index (χ4n) is 3.73. The minimum Gasteiger partial charge on any atom is -0.392 e. The maximum absolute atomic E-state index is 12.3. The van der Waals surface area contributed by atoms with Crippen LogP contribution in [0.25, 0.3) is 0 Å². The Hall–Kier alpha value is -0.940. The summed E-state index contributed by atoms with van der Waals surface area (Å²) in [5.41, 5.74) is 0. The van der Waals surface area contributed by atoms with Crippen LogP contribution in [0.3, 0.4) is 0 Å². The molecule has 0 radical (unpaired) electrons. The van der Waals surface area contributed by atoms with Gasteiger partial charge in [0.05, 0.1) is 24.6 Å². The van der Waals surface area contributed by atoms with Crippen LogP contribution in [0.4, 0.5) is 0 Å². The summed E-state index contributed by atoms with van der Waals surface area (Å²) in [7, 11) is 0. The molecule has 1 saturated carbocycles. The van der Waals surface area contributed by atoms with E-state index < -0.39 is 0 Å². The second-order valence-corrected chi connectivity index (χ2v) is 6.12. The zero-order valence-electron chi connectivity index (χ0n) is 11.3. The number of amides is 2. The summed E-state index contributed by atoms with van der Waals surface area (Å²) >= 11 is 0. The molecule has 2 heterocycles. The molecule has 2 amide bonds. The molecule has 0 aromatic heterocycles. The standard InChI is InChI=1S/C14H22N2O3/c17-10-4-3-7-15(8-10)9-16-13(18)11-5-1-2-6-12(11)14(16)19/h10-12,17H,1-9H2/t10-,11+,12+/m0/s1. The third-order valence-electron chi connectivity index (χ3n) is 4.75. The Labute approximate surface area is 113 Å². The van der Waals surface area contributed by atoms with Crippen LogP contribution in [0.1, 0.15) is 38.5 Å². The third-order valence-corrected chi connectivity index (χ3v) is 4.75. The van der Waals surface area contributed by atoms with Gasteiger partial charge in [0, 0.05) is 13.1 Å². The van der Waals surface area contributed by atoms with Crippen molar-refractivity contribution in [3.63, 3.8) is 0 Å². The fourth-order valence-corrected chi connectivity index (χ4v) is 3.73. The number of aliphatic hydroxyl groups excluding tert-OH is 1. The average molecular weight is 266 g/mol. The number of carbonyl (C=O) groups is 2. The Kier molecular flexibility index (Phi) is 3.58. The van der Waals surface area contributed by atoms with Crippen molar-refractivity contribution in [3.05, 3.63) is 0 Å². The van der Waals surface area contributed by atoms with Gasteiger partial charge in [-0.1, -0.05) is 12.8 Å². The Bertz CT molecular complexity index is 361. The largest absolute Gasteiger partial charge is 0.392 e. The van der Waals surface area contributed by atoms with Gasteiger partial charge in [0.1, 0.15) is 0 Å². The molecule has 2 saturated heterocycles. The predicted octanol–water partition coefficient (Wildman–Crippen LogP) is 0.576. The van der Waals surface area contributed by atoms with E-state index in [9.17, 15) is 14.7 Å². The van der Waals surface area contributed by atoms with Crippen molar-refractivity contribution in [1.82, 2.24) is 9.80 Å². The lowest BCUT2D eigenvalue weighted by Crippen LogP contribution is -2.47. The monoisotopic (exact) mass is 266 g/mol. The highest BCUT2D eigenvalue weighted by Crippen LogP contribution is 2.38. The number of likely N-dealkylation sites (tertiary alicyclic amines) is 2. The van der Waals surface area contributed by atoms with Crippen molar-refractivity contribution in [2.24, 2.45) is 11.8 Å². The minimum atomic E-state index is -0.316. The van der Waals surface area contributed by atoms with E-state index in [1.54, 1.807) is 0 Å². The van der Waals surface area contributed by atoms with E-state index in [1.165, 1.54) is 4.90 Å². The molecular formula is C14H22N2O3. The van der Waals surface area contributed by atoms with Crippen molar-refractivity contribution in [3.8, 4) is 0 Å². The van der Waals surface area contributed by atoms with Crippen LogP contribution in [-0.2, 0) is 9.59 Å². The molecule has 0 bridgehead atoms. The highest BCUT2D eigenvalue weighted by molar-refractivity contribution is 6.05. The first-order chi connectivity index (χ1) is 9.16. The summed E-state index contributed by atoms with van der Waals surface area (Å²) in [6, 6.07) is 0.